The quantitative estimate of drug-likeness (QED) is 0.525. The van der Waals surface area contributed by atoms with E-state index in [2.05, 4.69) is 73.7 Å². The van der Waals surface area contributed by atoms with Crippen molar-refractivity contribution in [2.75, 3.05) is 6.54 Å². The maximum absolute atomic E-state index is 5.94. The van der Waals surface area contributed by atoms with E-state index in [9.17, 15) is 0 Å². The third-order valence-electron chi connectivity index (χ3n) is 5.13. The Morgan fingerprint density at radius 2 is 1.30 bits per heavy atom. The Morgan fingerprint density at radius 3 is 1.93 bits per heavy atom. The number of hydrogen-bond donors (Lipinski definition) is 2. The van der Waals surface area contributed by atoms with Crippen molar-refractivity contribution < 1.29 is 0 Å². The van der Waals surface area contributed by atoms with Crippen LogP contribution in [0.2, 0.25) is 0 Å². The highest BCUT2D eigenvalue weighted by molar-refractivity contribution is 5.72. The van der Waals surface area contributed by atoms with E-state index in [1.807, 2.05) is 0 Å². The Kier molecular flexibility index (Phi) is 6.80. The maximum atomic E-state index is 5.94. The van der Waals surface area contributed by atoms with Gasteiger partial charge in [0.05, 0.1) is 0 Å². The van der Waals surface area contributed by atoms with Crippen molar-refractivity contribution in [3.05, 3.63) is 83.4 Å². The molecule has 27 heavy (non-hydrogen) atoms. The first-order chi connectivity index (χ1) is 13.2. The summed E-state index contributed by atoms with van der Waals surface area (Å²) in [5, 5.41) is 0. The fourth-order valence-corrected chi connectivity index (χ4v) is 3.53. The molecule has 3 aromatic carbocycles. The monoisotopic (exact) mass is 358 g/mol. The number of unbranched alkanes of at least 4 members (excludes halogenated alkanes) is 2. The van der Waals surface area contributed by atoms with Gasteiger partial charge in [0.25, 0.3) is 0 Å². The van der Waals surface area contributed by atoms with Crippen LogP contribution in [-0.2, 0) is 13.0 Å². The van der Waals surface area contributed by atoms with Crippen molar-refractivity contribution in [2.45, 2.75) is 39.2 Å². The molecule has 140 valence electrons. The van der Waals surface area contributed by atoms with E-state index in [1.165, 1.54) is 51.8 Å². The van der Waals surface area contributed by atoms with Gasteiger partial charge in [-0.1, -0.05) is 78.7 Å². The second-order valence-electron chi connectivity index (χ2n) is 7.24. The van der Waals surface area contributed by atoms with E-state index >= 15 is 0 Å². The van der Waals surface area contributed by atoms with Crippen molar-refractivity contribution in [1.29, 1.82) is 0 Å². The lowest BCUT2D eigenvalue weighted by atomic mass is 9.95. The van der Waals surface area contributed by atoms with Crippen LogP contribution in [0.1, 0.15) is 36.0 Å². The van der Waals surface area contributed by atoms with Crippen LogP contribution in [0.25, 0.3) is 22.3 Å². The van der Waals surface area contributed by atoms with Crippen LogP contribution in [0.3, 0.4) is 0 Å². The molecule has 3 aromatic rings. The highest BCUT2D eigenvalue weighted by Crippen LogP contribution is 2.28. The molecule has 0 aliphatic rings. The average Bonchev–Trinajstić information content (AvgIpc) is 2.72. The highest BCUT2D eigenvalue weighted by atomic mass is 14.5. The highest BCUT2D eigenvalue weighted by Gasteiger charge is 2.05. The van der Waals surface area contributed by atoms with Crippen molar-refractivity contribution in [2.24, 2.45) is 11.5 Å². The Balaban J connectivity index is 1.72. The summed E-state index contributed by atoms with van der Waals surface area (Å²) in [5.74, 6) is 0. The van der Waals surface area contributed by atoms with Crippen molar-refractivity contribution >= 4 is 0 Å². The van der Waals surface area contributed by atoms with Gasteiger partial charge in [0.2, 0.25) is 0 Å². The topological polar surface area (TPSA) is 52.0 Å². The predicted octanol–water partition coefficient (Wildman–Crippen LogP) is 5.46. The number of benzene rings is 3. The maximum Gasteiger partial charge on any atom is 0.0184 e. The van der Waals surface area contributed by atoms with Gasteiger partial charge in [-0.25, -0.2) is 0 Å². The SMILES string of the molecule is Cc1ccc(-c2ccc(-c3ccc(CCCCCN)cc3)cc2)c(CN)c1. The molecule has 0 bridgehead atoms. The lowest BCUT2D eigenvalue weighted by Crippen LogP contribution is -1.99. The van der Waals surface area contributed by atoms with Crippen molar-refractivity contribution in [3.8, 4) is 22.3 Å². The molecule has 4 N–H and O–H groups in total. The molecule has 0 aromatic heterocycles. The second kappa shape index (κ2) is 9.50. The number of hydrogen-bond acceptors (Lipinski definition) is 2. The van der Waals surface area contributed by atoms with Crippen LogP contribution in [0.4, 0.5) is 0 Å². The van der Waals surface area contributed by atoms with Crippen molar-refractivity contribution in [1.82, 2.24) is 0 Å². The molecule has 0 saturated carbocycles. The fourth-order valence-electron chi connectivity index (χ4n) is 3.53. The average molecular weight is 359 g/mol. The first-order valence-electron chi connectivity index (χ1n) is 9.90. The van der Waals surface area contributed by atoms with E-state index in [0.717, 1.165) is 19.4 Å². The molecule has 2 nitrogen and oxygen atoms in total. The summed E-state index contributed by atoms with van der Waals surface area (Å²) in [4.78, 5) is 0. The van der Waals surface area contributed by atoms with Gasteiger partial charge in [0.15, 0.2) is 0 Å². The molecule has 3 rings (SSSR count). The largest absolute Gasteiger partial charge is 0.330 e. The zero-order chi connectivity index (χ0) is 19.1. The summed E-state index contributed by atoms with van der Waals surface area (Å²) in [5.41, 5.74) is 20.3. The number of rotatable bonds is 8. The van der Waals surface area contributed by atoms with Crippen LogP contribution in [-0.4, -0.2) is 6.54 Å². The lowest BCUT2D eigenvalue weighted by Gasteiger charge is -2.11. The van der Waals surface area contributed by atoms with Gasteiger partial charge in [-0.15, -0.1) is 0 Å². The minimum Gasteiger partial charge on any atom is -0.330 e. The molecular formula is C25H30N2. The van der Waals surface area contributed by atoms with Crippen LogP contribution in [0, 0.1) is 6.92 Å². The summed E-state index contributed by atoms with van der Waals surface area (Å²) in [6.45, 7) is 3.46. The summed E-state index contributed by atoms with van der Waals surface area (Å²) in [6, 6.07) is 24.2. The molecule has 0 atom stereocenters. The fraction of sp³-hybridized carbons (Fsp3) is 0.280. The summed E-state index contributed by atoms with van der Waals surface area (Å²) < 4.78 is 0. The van der Waals surface area contributed by atoms with Gasteiger partial charge in [-0.2, -0.15) is 0 Å². The van der Waals surface area contributed by atoms with Crippen LogP contribution < -0.4 is 11.5 Å². The standard InChI is InChI=1S/C25H30N2/c1-19-6-15-25(24(17-19)18-27)23-13-11-22(12-14-23)21-9-7-20(8-10-21)5-3-2-4-16-26/h6-15,17H,2-5,16,18,26-27H2,1H3. The van der Waals surface area contributed by atoms with Gasteiger partial charge in [0.1, 0.15) is 0 Å². The molecular weight excluding hydrogens is 328 g/mol. The van der Waals surface area contributed by atoms with Gasteiger partial charge in [-0.3, -0.25) is 0 Å². The zero-order valence-corrected chi connectivity index (χ0v) is 16.2. The molecule has 0 saturated heterocycles. The Labute approximate surface area is 163 Å². The Morgan fingerprint density at radius 1 is 0.667 bits per heavy atom. The van der Waals surface area contributed by atoms with E-state index in [4.69, 9.17) is 11.5 Å². The molecule has 0 radical (unpaired) electrons. The lowest BCUT2D eigenvalue weighted by molar-refractivity contribution is 0.686. The van der Waals surface area contributed by atoms with Gasteiger partial charge >= 0.3 is 0 Å². The van der Waals surface area contributed by atoms with Crippen LogP contribution in [0.5, 0.6) is 0 Å². The van der Waals surface area contributed by atoms with Crippen LogP contribution >= 0.6 is 0 Å². The van der Waals surface area contributed by atoms with E-state index in [0.29, 0.717) is 6.54 Å². The second-order valence-corrected chi connectivity index (χ2v) is 7.24. The molecule has 0 fully saturated rings. The predicted molar refractivity (Wildman–Crippen MR) is 117 cm³/mol. The van der Waals surface area contributed by atoms with E-state index in [1.54, 1.807) is 0 Å². The first-order valence-corrected chi connectivity index (χ1v) is 9.90. The smallest absolute Gasteiger partial charge is 0.0184 e. The zero-order valence-electron chi connectivity index (χ0n) is 16.2. The normalized spacial score (nSPS) is 10.9. The molecule has 2 heteroatoms. The number of nitrogens with two attached hydrogens (primary N) is 2. The molecule has 0 amide bonds. The summed E-state index contributed by atoms with van der Waals surface area (Å²) in [6.07, 6.45) is 4.68. The van der Waals surface area contributed by atoms with Gasteiger partial charge in [0, 0.05) is 6.54 Å². The Bertz CT molecular complexity index is 848. The molecule has 0 aliphatic heterocycles. The molecule has 0 spiro atoms. The summed E-state index contributed by atoms with van der Waals surface area (Å²) in [7, 11) is 0. The van der Waals surface area contributed by atoms with E-state index < -0.39 is 0 Å². The third kappa shape index (κ3) is 5.06. The third-order valence-corrected chi connectivity index (χ3v) is 5.13. The van der Waals surface area contributed by atoms with Gasteiger partial charge < -0.3 is 11.5 Å². The molecule has 0 heterocycles. The Hall–Kier alpha value is -2.42. The van der Waals surface area contributed by atoms with E-state index in [-0.39, 0.29) is 0 Å². The minimum atomic E-state index is 0.561. The first kappa shape index (κ1) is 19.3. The molecule has 0 unspecified atom stereocenters. The number of aryl methyl sites for hydroxylation is 2. The van der Waals surface area contributed by atoms with Crippen LogP contribution in [0.15, 0.2) is 66.7 Å². The van der Waals surface area contributed by atoms with Crippen molar-refractivity contribution in [3.63, 3.8) is 0 Å². The van der Waals surface area contributed by atoms with Gasteiger partial charge in [-0.05, 0) is 66.1 Å². The summed E-state index contributed by atoms with van der Waals surface area (Å²) >= 11 is 0. The molecule has 0 aliphatic carbocycles. The minimum absolute atomic E-state index is 0.561.